The topological polar surface area (TPSA) is 64.4 Å². The summed E-state index contributed by atoms with van der Waals surface area (Å²) in [5.74, 6) is 0.475. The highest BCUT2D eigenvalue weighted by atomic mass is 79.9. The highest BCUT2D eigenvalue weighted by Crippen LogP contribution is 2.25. The molecule has 0 fully saturated rings. The summed E-state index contributed by atoms with van der Waals surface area (Å²) in [6.45, 7) is 0.473. The number of nitro benzene ring substituents is 1. The minimum atomic E-state index is -0.426. The molecule has 0 aliphatic carbocycles. The van der Waals surface area contributed by atoms with E-state index in [2.05, 4.69) is 21.2 Å². The van der Waals surface area contributed by atoms with E-state index in [1.807, 2.05) is 24.3 Å². The van der Waals surface area contributed by atoms with Gasteiger partial charge in [0.05, 0.1) is 18.1 Å². The van der Waals surface area contributed by atoms with Crippen LogP contribution in [-0.4, -0.2) is 12.0 Å². The van der Waals surface area contributed by atoms with Crippen LogP contribution in [0, 0.1) is 10.1 Å². The second-order valence-electron chi connectivity index (χ2n) is 4.13. The van der Waals surface area contributed by atoms with Crippen LogP contribution in [0.25, 0.3) is 0 Å². The zero-order chi connectivity index (χ0) is 14.5. The van der Waals surface area contributed by atoms with E-state index in [1.165, 1.54) is 19.2 Å². The molecule has 0 amide bonds. The number of methoxy groups -OCH3 is 1. The van der Waals surface area contributed by atoms with Gasteiger partial charge in [-0.2, -0.15) is 0 Å². The lowest BCUT2D eigenvalue weighted by Crippen LogP contribution is -2.01. The van der Waals surface area contributed by atoms with Crippen LogP contribution in [0.3, 0.4) is 0 Å². The lowest BCUT2D eigenvalue weighted by atomic mass is 10.2. The van der Waals surface area contributed by atoms with E-state index in [-0.39, 0.29) is 5.69 Å². The first-order valence-corrected chi connectivity index (χ1v) is 6.70. The Kier molecular flexibility index (Phi) is 4.57. The highest BCUT2D eigenvalue weighted by molar-refractivity contribution is 9.10. The molecule has 0 aliphatic rings. The molecular formula is C14H13BrN2O3. The Labute approximate surface area is 124 Å². The number of hydrogen-bond donors (Lipinski definition) is 1. The van der Waals surface area contributed by atoms with Gasteiger partial charge in [-0.15, -0.1) is 0 Å². The third-order valence-corrected chi connectivity index (χ3v) is 3.45. The van der Waals surface area contributed by atoms with Gasteiger partial charge in [-0.05, 0) is 39.7 Å². The zero-order valence-electron chi connectivity index (χ0n) is 10.8. The van der Waals surface area contributed by atoms with Gasteiger partial charge in [-0.25, -0.2) is 0 Å². The van der Waals surface area contributed by atoms with Gasteiger partial charge in [-0.3, -0.25) is 10.1 Å². The van der Waals surface area contributed by atoms with Gasteiger partial charge < -0.3 is 10.1 Å². The van der Waals surface area contributed by atoms with Crippen LogP contribution < -0.4 is 10.1 Å². The Bertz CT molecular complexity index is 632. The average molecular weight is 337 g/mol. The summed E-state index contributed by atoms with van der Waals surface area (Å²) >= 11 is 3.44. The van der Waals surface area contributed by atoms with Gasteiger partial charge >= 0.3 is 0 Å². The molecule has 0 heterocycles. The van der Waals surface area contributed by atoms with Crippen molar-refractivity contribution in [3.8, 4) is 5.75 Å². The van der Waals surface area contributed by atoms with Gasteiger partial charge in [0, 0.05) is 22.8 Å². The van der Waals surface area contributed by atoms with Crippen molar-refractivity contribution in [2.75, 3.05) is 12.4 Å². The molecule has 0 radical (unpaired) electrons. The molecule has 0 saturated carbocycles. The van der Waals surface area contributed by atoms with E-state index in [0.717, 1.165) is 15.7 Å². The summed E-state index contributed by atoms with van der Waals surface area (Å²) in [7, 11) is 1.49. The molecule has 6 heteroatoms. The number of rotatable bonds is 5. The lowest BCUT2D eigenvalue weighted by Gasteiger charge is -2.09. The molecule has 2 aromatic rings. The van der Waals surface area contributed by atoms with Crippen molar-refractivity contribution < 1.29 is 9.66 Å². The maximum absolute atomic E-state index is 10.9. The van der Waals surface area contributed by atoms with E-state index < -0.39 is 4.92 Å². The van der Waals surface area contributed by atoms with Crippen LogP contribution in [0.5, 0.6) is 5.75 Å². The second kappa shape index (κ2) is 6.38. The quantitative estimate of drug-likeness (QED) is 0.662. The standard InChI is InChI=1S/C14H13BrN2O3/c1-20-12-7-10(6-11(8-12)17(18)19)9-16-14-5-3-2-4-13(14)15/h2-8,16H,9H2,1H3. The molecule has 0 saturated heterocycles. The summed E-state index contributed by atoms with van der Waals surface area (Å²) < 4.78 is 6.02. The van der Waals surface area contributed by atoms with Crippen LogP contribution in [0.15, 0.2) is 46.9 Å². The fraction of sp³-hybridized carbons (Fsp3) is 0.143. The maximum atomic E-state index is 10.9. The van der Waals surface area contributed by atoms with Crippen LogP contribution >= 0.6 is 15.9 Å². The van der Waals surface area contributed by atoms with Gasteiger partial charge in [0.15, 0.2) is 0 Å². The molecule has 0 aliphatic heterocycles. The number of anilines is 1. The normalized spacial score (nSPS) is 10.1. The molecule has 20 heavy (non-hydrogen) atoms. The number of para-hydroxylation sites is 1. The molecule has 104 valence electrons. The van der Waals surface area contributed by atoms with Crippen molar-refractivity contribution in [1.82, 2.24) is 0 Å². The third-order valence-electron chi connectivity index (χ3n) is 2.75. The number of nitro groups is 1. The number of nitrogens with one attached hydrogen (secondary N) is 1. The molecule has 0 atom stereocenters. The number of hydrogen-bond acceptors (Lipinski definition) is 4. The van der Waals surface area contributed by atoms with Crippen molar-refractivity contribution >= 4 is 27.3 Å². The molecule has 2 aromatic carbocycles. The number of nitrogens with zero attached hydrogens (tertiary/aromatic N) is 1. The van der Waals surface area contributed by atoms with Crippen molar-refractivity contribution in [2.45, 2.75) is 6.54 Å². The first kappa shape index (κ1) is 14.3. The molecule has 0 aromatic heterocycles. The van der Waals surface area contributed by atoms with E-state index in [0.29, 0.717) is 12.3 Å². The average Bonchev–Trinajstić information content (AvgIpc) is 2.46. The Morgan fingerprint density at radius 3 is 2.70 bits per heavy atom. The van der Waals surface area contributed by atoms with Crippen molar-refractivity contribution in [3.05, 3.63) is 62.6 Å². The van der Waals surface area contributed by atoms with Crippen LogP contribution in [-0.2, 0) is 6.54 Å². The number of ether oxygens (including phenoxy) is 1. The van der Waals surface area contributed by atoms with Crippen LogP contribution in [0.1, 0.15) is 5.56 Å². The molecule has 0 bridgehead atoms. The fourth-order valence-corrected chi connectivity index (χ4v) is 2.20. The maximum Gasteiger partial charge on any atom is 0.273 e. The summed E-state index contributed by atoms with van der Waals surface area (Å²) in [6, 6.07) is 12.4. The zero-order valence-corrected chi connectivity index (χ0v) is 12.4. The summed E-state index contributed by atoms with van der Waals surface area (Å²) in [4.78, 5) is 10.4. The summed E-state index contributed by atoms with van der Waals surface area (Å²) in [5.41, 5.74) is 1.73. The predicted molar refractivity (Wildman–Crippen MR) is 81.1 cm³/mol. The Hall–Kier alpha value is -2.08. The van der Waals surface area contributed by atoms with E-state index >= 15 is 0 Å². The Balaban J connectivity index is 2.19. The monoisotopic (exact) mass is 336 g/mol. The molecule has 5 nitrogen and oxygen atoms in total. The van der Waals surface area contributed by atoms with E-state index in [9.17, 15) is 10.1 Å². The fourth-order valence-electron chi connectivity index (χ4n) is 1.77. The molecule has 0 spiro atoms. The first-order valence-electron chi connectivity index (χ1n) is 5.91. The summed E-state index contributed by atoms with van der Waals surface area (Å²) in [5, 5.41) is 14.1. The van der Waals surface area contributed by atoms with Gasteiger partial charge in [0.1, 0.15) is 5.75 Å². The van der Waals surface area contributed by atoms with Crippen molar-refractivity contribution in [1.29, 1.82) is 0 Å². The number of non-ortho nitro benzene ring substituents is 1. The van der Waals surface area contributed by atoms with Gasteiger partial charge in [0.25, 0.3) is 5.69 Å². The van der Waals surface area contributed by atoms with Crippen LogP contribution in [0.4, 0.5) is 11.4 Å². The minimum Gasteiger partial charge on any atom is -0.496 e. The van der Waals surface area contributed by atoms with Crippen molar-refractivity contribution in [3.63, 3.8) is 0 Å². The Morgan fingerprint density at radius 1 is 1.30 bits per heavy atom. The van der Waals surface area contributed by atoms with E-state index in [4.69, 9.17) is 4.74 Å². The Morgan fingerprint density at radius 2 is 2.05 bits per heavy atom. The number of halogens is 1. The minimum absolute atomic E-state index is 0.0216. The first-order chi connectivity index (χ1) is 9.60. The molecule has 1 N–H and O–H groups in total. The predicted octanol–water partition coefficient (Wildman–Crippen LogP) is 3.98. The second-order valence-corrected chi connectivity index (χ2v) is 4.98. The number of benzene rings is 2. The molecular weight excluding hydrogens is 324 g/mol. The highest BCUT2D eigenvalue weighted by Gasteiger charge is 2.10. The SMILES string of the molecule is COc1cc(CNc2ccccc2Br)cc([N+](=O)[O-])c1. The van der Waals surface area contributed by atoms with Crippen molar-refractivity contribution in [2.24, 2.45) is 0 Å². The molecule has 0 unspecified atom stereocenters. The van der Waals surface area contributed by atoms with Gasteiger partial charge in [-0.1, -0.05) is 12.1 Å². The smallest absolute Gasteiger partial charge is 0.273 e. The summed E-state index contributed by atoms with van der Waals surface area (Å²) in [6.07, 6.45) is 0. The van der Waals surface area contributed by atoms with Crippen LogP contribution in [0.2, 0.25) is 0 Å². The third kappa shape index (κ3) is 3.48. The largest absolute Gasteiger partial charge is 0.496 e. The lowest BCUT2D eigenvalue weighted by molar-refractivity contribution is -0.385. The van der Waals surface area contributed by atoms with Gasteiger partial charge in [0.2, 0.25) is 0 Å². The molecule has 2 rings (SSSR count). The van der Waals surface area contributed by atoms with E-state index in [1.54, 1.807) is 6.07 Å².